The van der Waals surface area contributed by atoms with Crippen molar-refractivity contribution in [2.24, 2.45) is 0 Å². The number of anilines is 1. The van der Waals surface area contributed by atoms with Gasteiger partial charge in [-0.05, 0) is 65.9 Å². The zero-order chi connectivity index (χ0) is 24.1. The molecule has 3 aromatic rings. The SMILES string of the molecule is O=C(COc1ccc(Br)cc1/C=C1\SC(=O)N(Cc2ccc(Br)cc2)C1=O)Nc1ccccc1. The molecule has 1 heterocycles. The van der Waals surface area contributed by atoms with Gasteiger partial charge in [-0.3, -0.25) is 19.3 Å². The molecule has 0 spiro atoms. The van der Waals surface area contributed by atoms with Crippen LogP contribution in [0.1, 0.15) is 11.1 Å². The Balaban J connectivity index is 1.48. The van der Waals surface area contributed by atoms with Gasteiger partial charge in [0.15, 0.2) is 6.61 Å². The van der Waals surface area contributed by atoms with Crippen LogP contribution in [-0.2, 0) is 16.1 Å². The summed E-state index contributed by atoms with van der Waals surface area (Å²) >= 11 is 7.68. The second kappa shape index (κ2) is 11.0. The molecular formula is C25H18Br2N2O4S. The first-order valence-corrected chi connectivity index (χ1v) is 12.6. The second-order valence-corrected chi connectivity index (χ2v) is 10.1. The smallest absolute Gasteiger partial charge is 0.293 e. The number of para-hydroxylation sites is 1. The normalized spacial score (nSPS) is 14.5. The van der Waals surface area contributed by atoms with Crippen molar-refractivity contribution < 1.29 is 19.1 Å². The van der Waals surface area contributed by atoms with Crippen molar-refractivity contribution in [3.05, 3.63) is 97.8 Å². The Labute approximate surface area is 217 Å². The fraction of sp³-hybridized carbons (Fsp3) is 0.0800. The average molecular weight is 602 g/mol. The molecule has 9 heteroatoms. The molecule has 0 bridgehead atoms. The van der Waals surface area contributed by atoms with E-state index < -0.39 is 0 Å². The van der Waals surface area contributed by atoms with Gasteiger partial charge in [-0.1, -0.05) is 62.2 Å². The van der Waals surface area contributed by atoms with E-state index in [1.54, 1.807) is 36.4 Å². The Kier molecular flexibility index (Phi) is 7.87. The molecule has 3 aromatic carbocycles. The molecular weight excluding hydrogens is 584 g/mol. The lowest BCUT2D eigenvalue weighted by molar-refractivity contribution is -0.123. The predicted molar refractivity (Wildman–Crippen MR) is 140 cm³/mol. The summed E-state index contributed by atoms with van der Waals surface area (Å²) in [5, 5.41) is 2.43. The van der Waals surface area contributed by atoms with Gasteiger partial charge in [-0.25, -0.2) is 0 Å². The van der Waals surface area contributed by atoms with Gasteiger partial charge in [0, 0.05) is 20.2 Å². The lowest BCUT2D eigenvalue weighted by Gasteiger charge is -2.12. The Morgan fingerprint density at radius 2 is 1.68 bits per heavy atom. The van der Waals surface area contributed by atoms with Gasteiger partial charge in [0.05, 0.1) is 11.4 Å². The molecule has 0 atom stereocenters. The van der Waals surface area contributed by atoms with Crippen LogP contribution in [0, 0.1) is 0 Å². The summed E-state index contributed by atoms with van der Waals surface area (Å²) in [7, 11) is 0. The highest BCUT2D eigenvalue weighted by molar-refractivity contribution is 9.10. The minimum Gasteiger partial charge on any atom is -0.483 e. The third-order valence-corrected chi connectivity index (χ3v) is 6.73. The van der Waals surface area contributed by atoms with Gasteiger partial charge in [0.1, 0.15) is 5.75 Å². The molecule has 0 aliphatic carbocycles. The molecule has 4 rings (SSSR count). The molecule has 0 radical (unpaired) electrons. The topological polar surface area (TPSA) is 75.7 Å². The van der Waals surface area contributed by atoms with Crippen LogP contribution >= 0.6 is 43.6 Å². The van der Waals surface area contributed by atoms with Crippen molar-refractivity contribution in [1.82, 2.24) is 4.90 Å². The van der Waals surface area contributed by atoms with Crippen molar-refractivity contribution in [3.63, 3.8) is 0 Å². The van der Waals surface area contributed by atoms with E-state index in [1.807, 2.05) is 42.5 Å². The number of halogens is 2. The molecule has 0 unspecified atom stereocenters. The van der Waals surface area contributed by atoms with Gasteiger partial charge in [0.2, 0.25) is 0 Å². The van der Waals surface area contributed by atoms with Crippen molar-refractivity contribution in [2.75, 3.05) is 11.9 Å². The fourth-order valence-corrected chi connectivity index (χ4v) is 4.65. The van der Waals surface area contributed by atoms with E-state index in [4.69, 9.17) is 4.74 Å². The number of hydrogen-bond acceptors (Lipinski definition) is 5. The summed E-state index contributed by atoms with van der Waals surface area (Å²) in [4.78, 5) is 39.2. The number of imide groups is 1. The van der Waals surface area contributed by atoms with Gasteiger partial charge < -0.3 is 10.1 Å². The fourth-order valence-electron chi connectivity index (χ4n) is 3.18. The minimum atomic E-state index is -0.370. The highest BCUT2D eigenvalue weighted by atomic mass is 79.9. The Hall–Kier alpha value is -2.88. The maximum absolute atomic E-state index is 12.9. The van der Waals surface area contributed by atoms with E-state index in [0.717, 1.165) is 26.3 Å². The third kappa shape index (κ3) is 6.16. The van der Waals surface area contributed by atoms with Crippen LogP contribution in [0.2, 0.25) is 0 Å². The van der Waals surface area contributed by atoms with Crippen molar-refractivity contribution in [1.29, 1.82) is 0 Å². The molecule has 172 valence electrons. The van der Waals surface area contributed by atoms with Gasteiger partial charge >= 0.3 is 0 Å². The van der Waals surface area contributed by atoms with Crippen LogP contribution in [-0.4, -0.2) is 28.6 Å². The monoisotopic (exact) mass is 600 g/mol. The van der Waals surface area contributed by atoms with E-state index in [9.17, 15) is 14.4 Å². The molecule has 1 N–H and O–H groups in total. The van der Waals surface area contributed by atoms with Crippen LogP contribution in [0.25, 0.3) is 6.08 Å². The maximum Gasteiger partial charge on any atom is 0.293 e. The maximum atomic E-state index is 12.9. The molecule has 1 saturated heterocycles. The van der Waals surface area contributed by atoms with Gasteiger partial charge in [0.25, 0.3) is 17.1 Å². The van der Waals surface area contributed by atoms with Gasteiger partial charge in [-0.2, -0.15) is 0 Å². The van der Waals surface area contributed by atoms with E-state index in [1.165, 1.54) is 4.90 Å². The molecule has 1 aliphatic heterocycles. The Bertz CT molecular complexity index is 1260. The molecule has 1 fully saturated rings. The quantitative estimate of drug-likeness (QED) is 0.314. The molecule has 6 nitrogen and oxygen atoms in total. The zero-order valence-electron chi connectivity index (χ0n) is 17.7. The number of benzene rings is 3. The summed E-state index contributed by atoms with van der Waals surface area (Å²) in [6, 6.07) is 21.8. The van der Waals surface area contributed by atoms with Crippen molar-refractivity contribution in [3.8, 4) is 5.75 Å². The van der Waals surface area contributed by atoms with E-state index >= 15 is 0 Å². The summed E-state index contributed by atoms with van der Waals surface area (Å²) in [5.41, 5.74) is 2.10. The Morgan fingerprint density at radius 1 is 0.971 bits per heavy atom. The predicted octanol–water partition coefficient (Wildman–Crippen LogP) is 6.47. The lowest BCUT2D eigenvalue weighted by atomic mass is 10.1. The molecule has 0 saturated carbocycles. The first kappa shape index (κ1) is 24.3. The number of ether oxygens (including phenoxy) is 1. The number of rotatable bonds is 7. The molecule has 34 heavy (non-hydrogen) atoms. The number of carbonyl (C=O) groups is 3. The van der Waals surface area contributed by atoms with E-state index in [-0.39, 0.29) is 30.2 Å². The van der Waals surface area contributed by atoms with E-state index in [0.29, 0.717) is 21.9 Å². The number of nitrogens with zero attached hydrogens (tertiary/aromatic N) is 1. The standard InChI is InChI=1S/C25H18Br2N2O4S/c26-18-8-6-16(7-9-18)14-29-24(31)22(34-25(29)32)13-17-12-19(27)10-11-21(17)33-15-23(30)28-20-4-2-1-3-5-20/h1-13H,14-15H2,(H,28,30)/b22-13-. The number of nitrogens with one attached hydrogen (secondary N) is 1. The van der Waals surface area contributed by atoms with Crippen LogP contribution in [0.3, 0.4) is 0 Å². The van der Waals surface area contributed by atoms with E-state index in [2.05, 4.69) is 37.2 Å². The molecule has 0 aromatic heterocycles. The number of amides is 3. The summed E-state index contributed by atoms with van der Waals surface area (Å²) < 4.78 is 7.42. The highest BCUT2D eigenvalue weighted by Gasteiger charge is 2.35. The average Bonchev–Trinajstić information content (AvgIpc) is 3.08. The van der Waals surface area contributed by atoms with Crippen molar-refractivity contribution in [2.45, 2.75) is 6.54 Å². The summed E-state index contributed by atoms with van der Waals surface area (Å²) in [6.07, 6.45) is 1.61. The first-order chi connectivity index (χ1) is 16.4. The molecule has 1 aliphatic rings. The first-order valence-electron chi connectivity index (χ1n) is 10.2. The molecule has 3 amide bonds. The largest absolute Gasteiger partial charge is 0.483 e. The van der Waals surface area contributed by atoms with Crippen LogP contribution in [0.5, 0.6) is 5.75 Å². The summed E-state index contributed by atoms with van der Waals surface area (Å²) in [6.45, 7) is -0.0147. The third-order valence-electron chi connectivity index (χ3n) is 4.80. The minimum absolute atomic E-state index is 0.191. The zero-order valence-corrected chi connectivity index (χ0v) is 21.7. The van der Waals surface area contributed by atoms with Crippen LogP contribution in [0.4, 0.5) is 10.5 Å². The Morgan fingerprint density at radius 3 is 2.41 bits per heavy atom. The van der Waals surface area contributed by atoms with Crippen LogP contribution in [0.15, 0.2) is 86.6 Å². The number of hydrogen-bond donors (Lipinski definition) is 1. The number of thioether (sulfide) groups is 1. The van der Waals surface area contributed by atoms with Crippen LogP contribution < -0.4 is 10.1 Å². The van der Waals surface area contributed by atoms with Gasteiger partial charge in [-0.15, -0.1) is 0 Å². The second-order valence-electron chi connectivity index (χ2n) is 7.28. The van der Waals surface area contributed by atoms with Crippen molar-refractivity contribution >= 4 is 72.4 Å². The lowest BCUT2D eigenvalue weighted by Crippen LogP contribution is -2.27. The summed E-state index contributed by atoms with van der Waals surface area (Å²) in [5.74, 6) is -0.258. The number of carbonyl (C=O) groups excluding carboxylic acids is 3. The highest BCUT2D eigenvalue weighted by Crippen LogP contribution is 2.35.